The largest absolute Gasteiger partial charge is 0.455 e. The van der Waals surface area contributed by atoms with Gasteiger partial charge in [0, 0.05) is 44.2 Å². The predicted octanol–water partition coefficient (Wildman–Crippen LogP) is 15.1. The van der Waals surface area contributed by atoms with Gasteiger partial charge < -0.3 is 13.7 Å². The van der Waals surface area contributed by atoms with Gasteiger partial charge in [-0.05, 0) is 87.2 Å². The SMILES string of the molecule is [2H]c1c([2H])c([2H])c(-c2c3ccccc3c(-c3c(-c4ccc5oc6c(N(c7c([2H])c([2H])c([2H])c([2H])c7[2H])c7c([2H])c([2H])c([2H])c([2H])c7[2H])cccc6c5c4)oc4ccccc34)c3ccccc23)c([2H])c1[2H]. The normalized spacial score (nSPS) is 15.5. The van der Waals surface area contributed by atoms with Gasteiger partial charge in [0.2, 0.25) is 0 Å². The minimum atomic E-state index is -0.694. The van der Waals surface area contributed by atoms with Gasteiger partial charge in [-0.2, -0.15) is 0 Å². The van der Waals surface area contributed by atoms with Crippen LogP contribution in [0.5, 0.6) is 0 Å². The van der Waals surface area contributed by atoms with Gasteiger partial charge in [0.05, 0.1) is 26.2 Å². The zero-order valence-corrected chi connectivity index (χ0v) is 28.7. The molecule has 258 valence electrons. The Morgan fingerprint density at radius 1 is 0.382 bits per heavy atom. The van der Waals surface area contributed by atoms with Gasteiger partial charge >= 0.3 is 0 Å². The highest BCUT2D eigenvalue weighted by atomic mass is 16.3. The molecule has 0 saturated carbocycles. The first-order chi connectivity index (χ1) is 33.5. The summed E-state index contributed by atoms with van der Waals surface area (Å²) in [6.45, 7) is 0. The van der Waals surface area contributed by atoms with Crippen LogP contribution in [0.25, 0.3) is 88.0 Å². The summed E-state index contributed by atoms with van der Waals surface area (Å²) < 4.78 is 144. The number of rotatable bonds is 6. The Kier molecular flexibility index (Phi) is 4.52. The van der Waals surface area contributed by atoms with E-state index in [-0.39, 0.29) is 28.9 Å². The molecule has 2 heterocycles. The third kappa shape index (κ3) is 4.98. The Morgan fingerprint density at radius 3 is 1.55 bits per heavy atom. The van der Waals surface area contributed by atoms with E-state index in [9.17, 15) is 0 Å². The summed E-state index contributed by atoms with van der Waals surface area (Å²) in [5.74, 6) is 0.472. The molecule has 11 rings (SSSR count). The number of anilines is 3. The zero-order chi connectivity index (χ0) is 49.3. The van der Waals surface area contributed by atoms with Crippen LogP contribution < -0.4 is 4.90 Å². The number of benzene rings is 9. The van der Waals surface area contributed by atoms with Crippen molar-refractivity contribution < 1.29 is 29.4 Å². The van der Waals surface area contributed by atoms with Crippen molar-refractivity contribution in [1.29, 1.82) is 0 Å². The van der Waals surface area contributed by atoms with Crippen LogP contribution in [0.1, 0.15) is 20.6 Å². The van der Waals surface area contributed by atoms with Crippen molar-refractivity contribution in [3.05, 3.63) is 200 Å². The van der Waals surface area contributed by atoms with Gasteiger partial charge in [0.25, 0.3) is 0 Å². The van der Waals surface area contributed by atoms with Crippen molar-refractivity contribution in [2.75, 3.05) is 4.90 Å². The van der Waals surface area contributed by atoms with Crippen molar-refractivity contribution in [1.82, 2.24) is 0 Å². The molecule has 55 heavy (non-hydrogen) atoms. The Hall–Kier alpha value is -7.36. The predicted molar refractivity (Wildman–Crippen MR) is 229 cm³/mol. The first-order valence-electron chi connectivity index (χ1n) is 25.0. The molecule has 0 aliphatic carbocycles. The number of para-hydroxylation sites is 4. The minimum absolute atomic E-state index is 0.0360. The topological polar surface area (TPSA) is 29.5 Å². The molecule has 0 unspecified atom stereocenters. The monoisotopic (exact) mass is 718 g/mol. The average molecular weight is 719 g/mol. The van der Waals surface area contributed by atoms with Crippen molar-refractivity contribution in [2.45, 2.75) is 0 Å². The van der Waals surface area contributed by atoms with Crippen molar-refractivity contribution >= 4 is 71.5 Å². The summed E-state index contributed by atoms with van der Waals surface area (Å²) in [6.07, 6.45) is 0. The molecule has 0 spiro atoms. The summed E-state index contributed by atoms with van der Waals surface area (Å²) in [5.41, 5.74) is 2.86. The fourth-order valence-corrected chi connectivity index (χ4v) is 7.70. The molecule has 0 N–H and O–H groups in total. The molecule has 2 aromatic heterocycles. The third-order valence-corrected chi connectivity index (χ3v) is 9.93. The minimum Gasteiger partial charge on any atom is -0.455 e. The Balaban J connectivity index is 1.19. The van der Waals surface area contributed by atoms with Crippen LogP contribution in [0.3, 0.4) is 0 Å². The van der Waals surface area contributed by atoms with Crippen molar-refractivity contribution in [2.24, 2.45) is 0 Å². The number of hydrogen-bond donors (Lipinski definition) is 0. The average Bonchev–Trinajstić information content (AvgIpc) is 3.95. The maximum absolute atomic E-state index is 9.02. The summed E-state index contributed by atoms with van der Waals surface area (Å²) in [6, 6.07) is 24.2. The third-order valence-electron chi connectivity index (χ3n) is 9.93. The Bertz CT molecular complexity index is 3890. The van der Waals surface area contributed by atoms with Crippen LogP contribution in [0.15, 0.2) is 209 Å². The van der Waals surface area contributed by atoms with E-state index in [0.717, 1.165) is 32.2 Å². The van der Waals surface area contributed by atoms with Crippen LogP contribution >= 0.6 is 0 Å². The molecule has 3 heteroatoms. The molecule has 0 aliphatic heterocycles. The lowest BCUT2D eigenvalue weighted by Crippen LogP contribution is -2.09. The van der Waals surface area contributed by atoms with E-state index >= 15 is 0 Å². The second-order valence-corrected chi connectivity index (χ2v) is 12.9. The van der Waals surface area contributed by atoms with Gasteiger partial charge in [-0.25, -0.2) is 0 Å². The quantitative estimate of drug-likeness (QED) is 0.160. The first-order valence-corrected chi connectivity index (χ1v) is 17.5. The first kappa shape index (κ1) is 19.6. The molecule has 0 saturated heterocycles. The maximum atomic E-state index is 9.02. The zero-order valence-electron chi connectivity index (χ0n) is 43.7. The fourth-order valence-electron chi connectivity index (χ4n) is 7.70. The second-order valence-electron chi connectivity index (χ2n) is 12.9. The van der Waals surface area contributed by atoms with Crippen molar-refractivity contribution in [3.8, 4) is 33.6 Å². The molecule has 0 aliphatic rings. The molecule has 9 aromatic carbocycles. The van der Waals surface area contributed by atoms with Gasteiger partial charge in [-0.1, -0.05) is 145 Å². The summed E-state index contributed by atoms with van der Waals surface area (Å²) in [5, 5.41) is 4.59. The van der Waals surface area contributed by atoms with Gasteiger partial charge in [-0.3, -0.25) is 0 Å². The van der Waals surface area contributed by atoms with Crippen LogP contribution in [-0.2, 0) is 0 Å². The summed E-state index contributed by atoms with van der Waals surface area (Å²) >= 11 is 0. The highest BCUT2D eigenvalue weighted by Gasteiger charge is 2.25. The van der Waals surface area contributed by atoms with Gasteiger partial charge in [0.15, 0.2) is 5.58 Å². The highest BCUT2D eigenvalue weighted by molar-refractivity contribution is 6.25. The number of hydrogen-bond acceptors (Lipinski definition) is 3. The molecule has 0 radical (unpaired) electrons. The highest BCUT2D eigenvalue weighted by Crippen LogP contribution is 2.50. The standard InChI is InChI=1S/C52H33NO2/c1-4-17-34(18-5-1)48-38-23-10-12-25-40(38)49(41-26-13-11-24-39(41)48)50-43-27-14-15-30-46(43)54-51(50)35-31-32-47-44(33-35)42-28-16-29-45(52(42)55-47)53(36-19-6-2-7-20-36)37-21-8-3-9-22-37/h1-33H/i1D,2D,3D,4D,5D,6D,7D,8D,9D,17D,18D,19D,20D,21D,22D. The molecule has 0 atom stereocenters. The van der Waals surface area contributed by atoms with E-state index in [2.05, 4.69) is 0 Å². The van der Waals surface area contributed by atoms with Crippen LogP contribution in [0.4, 0.5) is 17.1 Å². The van der Waals surface area contributed by atoms with Gasteiger partial charge in [-0.15, -0.1) is 0 Å². The Morgan fingerprint density at radius 2 is 0.909 bits per heavy atom. The molecular weight excluding hydrogens is 671 g/mol. The molecular formula is C52H33NO2. The number of fused-ring (bicyclic) bond motifs is 6. The molecule has 0 amide bonds. The van der Waals surface area contributed by atoms with E-state index < -0.39 is 89.9 Å². The molecule has 0 fully saturated rings. The molecule has 11 aromatic rings. The van der Waals surface area contributed by atoms with E-state index in [1.54, 1.807) is 18.2 Å². The lowest BCUT2D eigenvalue weighted by molar-refractivity contribution is 0.632. The Labute approximate surface area is 339 Å². The smallest absolute Gasteiger partial charge is 0.159 e. The summed E-state index contributed by atoms with van der Waals surface area (Å²) in [4.78, 5) is 1.08. The van der Waals surface area contributed by atoms with Crippen LogP contribution in [0.2, 0.25) is 0 Å². The number of furan rings is 2. The van der Waals surface area contributed by atoms with E-state index in [1.165, 1.54) is 6.07 Å². The maximum Gasteiger partial charge on any atom is 0.159 e. The van der Waals surface area contributed by atoms with Crippen LogP contribution in [0, 0.1) is 0 Å². The van der Waals surface area contributed by atoms with Gasteiger partial charge in [0.1, 0.15) is 16.9 Å². The van der Waals surface area contributed by atoms with E-state index in [1.807, 2.05) is 84.9 Å². The second kappa shape index (κ2) is 12.6. The fraction of sp³-hybridized carbons (Fsp3) is 0. The number of nitrogens with zero attached hydrogens (tertiary/aromatic N) is 1. The lowest BCUT2D eigenvalue weighted by atomic mass is 9.84. The molecule has 0 bridgehead atoms. The van der Waals surface area contributed by atoms with Crippen molar-refractivity contribution in [3.63, 3.8) is 0 Å². The molecule has 3 nitrogen and oxygen atoms in total. The van der Waals surface area contributed by atoms with E-state index in [0.29, 0.717) is 49.6 Å². The van der Waals surface area contributed by atoms with Crippen LogP contribution in [-0.4, -0.2) is 0 Å². The van der Waals surface area contributed by atoms with E-state index in [4.69, 9.17) is 29.4 Å². The lowest BCUT2D eigenvalue weighted by Gasteiger charge is -2.25. The summed E-state index contributed by atoms with van der Waals surface area (Å²) in [7, 11) is 0.